The van der Waals surface area contributed by atoms with Gasteiger partial charge in [-0.3, -0.25) is 0 Å². The van der Waals surface area contributed by atoms with Gasteiger partial charge in [0, 0.05) is 0 Å². The zero-order valence-electron chi connectivity index (χ0n) is 27.1. The van der Waals surface area contributed by atoms with E-state index in [0.29, 0.717) is 0 Å². The van der Waals surface area contributed by atoms with Crippen LogP contribution in [0.25, 0.3) is 66.1 Å². The Balaban J connectivity index is 0.000000294. The monoisotopic (exact) mass is 712 g/mol. The second kappa shape index (κ2) is 19.8. The third-order valence-electron chi connectivity index (χ3n) is 7.89. The molecule has 0 saturated heterocycles. The van der Waals surface area contributed by atoms with E-state index in [2.05, 4.69) is 190 Å². The summed E-state index contributed by atoms with van der Waals surface area (Å²) >= 11 is 1.81. The summed E-state index contributed by atoms with van der Waals surface area (Å²) in [7, 11) is 2.97. The van der Waals surface area contributed by atoms with Crippen molar-refractivity contribution in [2.75, 3.05) is 0 Å². The molecule has 0 bridgehead atoms. The number of hydrogen-bond acceptors (Lipinski definition) is 0. The molecule has 0 amide bonds. The van der Waals surface area contributed by atoms with E-state index in [1.165, 1.54) is 66.1 Å². The molecule has 0 heterocycles. The third kappa shape index (κ3) is 9.14. The molecule has 0 fully saturated rings. The van der Waals surface area contributed by atoms with Gasteiger partial charge in [0.25, 0.3) is 0 Å². The maximum Gasteiger partial charge on any atom is -0.0259 e. The van der Waals surface area contributed by atoms with Crippen LogP contribution in [0.4, 0.5) is 0 Å². The van der Waals surface area contributed by atoms with Gasteiger partial charge in [0.15, 0.2) is 0 Å². The summed E-state index contributed by atoms with van der Waals surface area (Å²) in [5, 5.41) is 5.25. The topological polar surface area (TPSA) is 0 Å². The number of fused-ring (bicyclic) bond motifs is 2. The van der Waals surface area contributed by atoms with Crippen LogP contribution in [0.5, 0.6) is 0 Å². The first kappa shape index (κ1) is 40.2. The van der Waals surface area contributed by atoms with Gasteiger partial charge in [0.05, 0.1) is 0 Å². The number of benzene rings is 6. The van der Waals surface area contributed by atoms with E-state index in [1.54, 1.807) is 19.2 Å². The summed E-state index contributed by atoms with van der Waals surface area (Å²) in [6.45, 7) is 0. The van der Waals surface area contributed by atoms with E-state index < -0.39 is 0 Å². The molecule has 0 atom stereocenters. The minimum Gasteiger partial charge on any atom is -0.144 e. The average molecular weight is 714 g/mol. The second-order valence-electron chi connectivity index (χ2n) is 10.6. The molecule has 0 unspecified atom stereocenters. The van der Waals surface area contributed by atoms with Crippen molar-refractivity contribution in [1.82, 2.24) is 0 Å². The smallest absolute Gasteiger partial charge is 0.0259 e. The first-order chi connectivity index (χ1) is 21.8. The first-order valence-electron chi connectivity index (χ1n) is 14.7. The molecule has 0 aliphatic carbocycles. The quantitative estimate of drug-likeness (QED) is 0.126. The van der Waals surface area contributed by atoms with Crippen LogP contribution in [0.3, 0.4) is 0 Å². The van der Waals surface area contributed by atoms with E-state index in [-0.39, 0.29) is 39.7 Å². The van der Waals surface area contributed by atoms with Crippen molar-refractivity contribution in [3.05, 3.63) is 197 Å². The van der Waals surface area contributed by atoms with Crippen LogP contribution >= 0.6 is 24.8 Å². The Morgan fingerprint density at radius 1 is 0.354 bits per heavy atom. The fourth-order valence-electron chi connectivity index (χ4n) is 5.80. The molecule has 240 valence electrons. The standard InChI is InChI=1S/2C21H15.2CH3.2ClH.Si.Ti/c2*1-3-8-16(9-4-1)19-14-18-12-7-13-20(21(18)15-19)17-10-5-2-6-11-17;;;;;;/h2*1-15H;2*1H3;2*1H;;/q4*-1;;;;. The maximum atomic E-state index is 2.97. The average Bonchev–Trinajstić information content (AvgIpc) is 3.76. The molecule has 48 heavy (non-hydrogen) atoms. The van der Waals surface area contributed by atoms with Gasteiger partial charge in [-0.2, -0.15) is 0 Å². The molecule has 4 heteroatoms. The molecular weight excluding hydrogens is 675 g/mol. The van der Waals surface area contributed by atoms with Gasteiger partial charge >= 0.3 is 26.8 Å². The Kier molecular flexibility index (Phi) is 16.6. The van der Waals surface area contributed by atoms with Crippen molar-refractivity contribution in [2.45, 2.75) is 0 Å². The fraction of sp³-hybridized carbons (Fsp3) is 0. The van der Waals surface area contributed by atoms with E-state index in [1.807, 2.05) is 0 Å². The molecule has 2 radical (unpaired) electrons. The van der Waals surface area contributed by atoms with E-state index in [9.17, 15) is 0 Å². The molecule has 0 aliphatic rings. The Bertz CT molecular complexity index is 1930. The normalized spacial score (nSPS) is 9.56. The van der Waals surface area contributed by atoms with Crippen LogP contribution in [-0.4, -0.2) is 7.63 Å². The molecule has 0 spiro atoms. The third-order valence-corrected chi connectivity index (χ3v) is 7.89. The van der Waals surface area contributed by atoms with Crippen molar-refractivity contribution < 1.29 is 19.2 Å². The molecule has 0 aliphatic heterocycles. The predicted octanol–water partition coefficient (Wildman–Crippen LogP) is 13.1. The van der Waals surface area contributed by atoms with Crippen molar-refractivity contribution in [1.29, 1.82) is 0 Å². The molecule has 0 nitrogen and oxygen atoms in total. The minimum absolute atomic E-state index is 0. The maximum absolute atomic E-state index is 2.97. The fourth-order valence-corrected chi connectivity index (χ4v) is 5.80. The van der Waals surface area contributed by atoms with E-state index >= 15 is 0 Å². The summed E-state index contributed by atoms with van der Waals surface area (Å²) in [6.07, 6.45) is 0. The zero-order valence-corrected chi connectivity index (χ0v) is 31.3. The Morgan fingerprint density at radius 3 is 0.958 bits per heavy atom. The molecule has 8 aromatic rings. The largest absolute Gasteiger partial charge is 0.144 e. The Labute approximate surface area is 312 Å². The minimum atomic E-state index is 0. The van der Waals surface area contributed by atoms with Crippen LogP contribution in [0.1, 0.15) is 0 Å². The second-order valence-corrected chi connectivity index (χ2v) is 10.6. The molecule has 0 aromatic heterocycles. The van der Waals surface area contributed by atoms with Gasteiger partial charge in [0.1, 0.15) is 0 Å². The van der Waals surface area contributed by atoms with Crippen LogP contribution in [0, 0.1) is 14.9 Å². The Morgan fingerprint density at radius 2 is 0.646 bits per heavy atom. The van der Waals surface area contributed by atoms with Crippen LogP contribution in [-0.2, 0) is 19.2 Å². The Hall–Kier alpha value is -3.95. The molecule has 8 aromatic carbocycles. The van der Waals surface area contributed by atoms with Gasteiger partial charge in [-0.15, -0.1) is 93.9 Å². The van der Waals surface area contributed by atoms with Crippen molar-refractivity contribution >= 4 is 54.0 Å². The van der Waals surface area contributed by atoms with Crippen molar-refractivity contribution in [2.24, 2.45) is 0 Å². The van der Waals surface area contributed by atoms with Gasteiger partial charge in [0.2, 0.25) is 0 Å². The summed E-state index contributed by atoms with van der Waals surface area (Å²) < 4.78 is 0. The van der Waals surface area contributed by atoms with Crippen molar-refractivity contribution in [3.8, 4) is 44.5 Å². The summed E-state index contributed by atoms with van der Waals surface area (Å²) in [6, 6.07) is 64.5. The number of halogens is 2. The van der Waals surface area contributed by atoms with Gasteiger partial charge in [-0.1, -0.05) is 168 Å². The van der Waals surface area contributed by atoms with Gasteiger partial charge in [-0.05, 0) is 11.1 Å². The van der Waals surface area contributed by atoms with E-state index in [0.717, 1.165) is 0 Å². The SMILES string of the molecule is Cl.Cl.[CH3-].[CH3-].[Si]=[Ti].c1ccc(-c2cc3c(-c4ccccc4)cccc3[cH-]2)cc1.c1ccc(-c2cc3c(-c4ccccc4)cccc3[cH-]2)cc1. The van der Waals surface area contributed by atoms with Crippen LogP contribution < -0.4 is 0 Å². The molecular formula is C44H38Cl2SiTi-4. The van der Waals surface area contributed by atoms with Crippen LogP contribution in [0.15, 0.2) is 182 Å². The number of rotatable bonds is 4. The molecule has 8 rings (SSSR count). The predicted molar refractivity (Wildman–Crippen MR) is 214 cm³/mol. The zero-order chi connectivity index (χ0) is 30.1. The van der Waals surface area contributed by atoms with Gasteiger partial charge < -0.3 is 14.9 Å². The van der Waals surface area contributed by atoms with Crippen LogP contribution in [0.2, 0.25) is 0 Å². The first-order valence-corrected chi connectivity index (χ1v) is 17.5. The van der Waals surface area contributed by atoms with Gasteiger partial charge in [-0.25, -0.2) is 0 Å². The summed E-state index contributed by atoms with van der Waals surface area (Å²) in [5.74, 6) is 0. The summed E-state index contributed by atoms with van der Waals surface area (Å²) in [5.41, 5.74) is 10.3. The molecule has 0 N–H and O–H groups in total. The van der Waals surface area contributed by atoms with E-state index in [4.69, 9.17) is 0 Å². The number of hydrogen-bond donors (Lipinski definition) is 0. The summed E-state index contributed by atoms with van der Waals surface area (Å²) in [4.78, 5) is 0. The van der Waals surface area contributed by atoms with Crippen molar-refractivity contribution in [3.63, 3.8) is 0 Å². The molecule has 0 saturated carbocycles.